The van der Waals surface area contributed by atoms with Crippen LogP contribution in [-0.4, -0.2) is 9.38 Å². The minimum atomic E-state index is -0.0203. The average molecular weight is 356 g/mol. The van der Waals surface area contributed by atoms with E-state index in [-0.39, 0.29) is 11.6 Å². The molecule has 0 aliphatic rings. The molecule has 0 bridgehead atoms. The van der Waals surface area contributed by atoms with Gasteiger partial charge in [-0.05, 0) is 23.5 Å². The molecular formula is C20H25N3OS. The van der Waals surface area contributed by atoms with Crippen molar-refractivity contribution in [2.45, 2.75) is 46.2 Å². The molecule has 3 aromatic rings. The molecule has 0 amide bonds. The number of nitrogens with one attached hydrogen (secondary N) is 1. The van der Waals surface area contributed by atoms with Crippen molar-refractivity contribution in [2.24, 2.45) is 5.92 Å². The summed E-state index contributed by atoms with van der Waals surface area (Å²) in [6.07, 6.45) is 4.05. The number of thiazole rings is 1. The second kappa shape index (κ2) is 7.93. The van der Waals surface area contributed by atoms with Crippen molar-refractivity contribution in [3.8, 4) is 0 Å². The molecule has 0 saturated carbocycles. The zero-order chi connectivity index (χ0) is 17.8. The highest BCUT2D eigenvalue weighted by atomic mass is 32.1. The summed E-state index contributed by atoms with van der Waals surface area (Å²) in [6, 6.07) is 10.7. The van der Waals surface area contributed by atoms with E-state index in [9.17, 15) is 4.79 Å². The van der Waals surface area contributed by atoms with Gasteiger partial charge in [0.1, 0.15) is 0 Å². The van der Waals surface area contributed by atoms with Crippen LogP contribution in [0.15, 0.2) is 46.7 Å². The predicted octanol–water partition coefficient (Wildman–Crippen LogP) is 4.20. The highest BCUT2D eigenvalue weighted by Crippen LogP contribution is 2.23. The number of hydrogen-bond acceptors (Lipinski definition) is 4. The molecule has 0 radical (unpaired) electrons. The number of aryl methyl sites for hydroxylation is 1. The summed E-state index contributed by atoms with van der Waals surface area (Å²) in [7, 11) is 0. The fourth-order valence-corrected chi connectivity index (χ4v) is 3.85. The molecule has 0 saturated heterocycles. The first-order valence-electron chi connectivity index (χ1n) is 8.86. The Morgan fingerprint density at radius 1 is 1.24 bits per heavy atom. The van der Waals surface area contributed by atoms with Crippen LogP contribution in [0.3, 0.4) is 0 Å². The summed E-state index contributed by atoms with van der Waals surface area (Å²) in [4.78, 5) is 17.4. The van der Waals surface area contributed by atoms with Crippen LogP contribution in [-0.2, 0) is 13.0 Å². The lowest BCUT2D eigenvalue weighted by Crippen LogP contribution is -2.26. The van der Waals surface area contributed by atoms with Gasteiger partial charge in [-0.2, -0.15) is 0 Å². The Kier molecular flexibility index (Phi) is 5.66. The lowest BCUT2D eigenvalue weighted by molar-refractivity contribution is 0.408. The van der Waals surface area contributed by atoms with Crippen molar-refractivity contribution in [1.29, 1.82) is 0 Å². The van der Waals surface area contributed by atoms with E-state index in [0.29, 0.717) is 12.5 Å². The number of aromatic nitrogens is 2. The van der Waals surface area contributed by atoms with Gasteiger partial charge in [0.2, 0.25) is 0 Å². The van der Waals surface area contributed by atoms with Gasteiger partial charge in [-0.1, -0.05) is 51.5 Å². The Balaban J connectivity index is 1.76. The first-order chi connectivity index (χ1) is 12.1. The quantitative estimate of drug-likeness (QED) is 0.691. The SMILES string of the molecule is CCCc1ccc([C@H](NCc2cc(=O)n3ccsc3n2)C(C)C)cc1. The third-order valence-electron chi connectivity index (χ3n) is 4.40. The number of hydrogen-bond donors (Lipinski definition) is 1. The Morgan fingerprint density at radius 3 is 2.68 bits per heavy atom. The van der Waals surface area contributed by atoms with E-state index in [0.717, 1.165) is 23.5 Å². The summed E-state index contributed by atoms with van der Waals surface area (Å²) in [6.45, 7) is 7.21. The summed E-state index contributed by atoms with van der Waals surface area (Å²) >= 11 is 1.48. The lowest BCUT2D eigenvalue weighted by Gasteiger charge is -2.23. The second-order valence-electron chi connectivity index (χ2n) is 6.74. The summed E-state index contributed by atoms with van der Waals surface area (Å²) in [5.74, 6) is 0.448. The van der Waals surface area contributed by atoms with Crippen molar-refractivity contribution < 1.29 is 0 Å². The van der Waals surface area contributed by atoms with E-state index in [1.165, 1.54) is 22.5 Å². The molecule has 2 heterocycles. The molecule has 1 N–H and O–H groups in total. The maximum atomic E-state index is 12.1. The van der Waals surface area contributed by atoms with Crippen LogP contribution in [0, 0.1) is 5.92 Å². The first kappa shape index (κ1) is 17.8. The van der Waals surface area contributed by atoms with Gasteiger partial charge in [0, 0.05) is 30.2 Å². The minimum Gasteiger partial charge on any atom is -0.304 e. The van der Waals surface area contributed by atoms with Crippen molar-refractivity contribution in [2.75, 3.05) is 0 Å². The van der Waals surface area contributed by atoms with Gasteiger partial charge in [0.25, 0.3) is 5.56 Å². The Bertz CT molecular complexity index is 880. The molecule has 132 valence electrons. The largest absolute Gasteiger partial charge is 0.304 e. The molecule has 2 aromatic heterocycles. The third kappa shape index (κ3) is 4.17. The van der Waals surface area contributed by atoms with Crippen LogP contribution in [0.2, 0.25) is 0 Å². The standard InChI is InChI=1S/C20H25N3OS/c1-4-5-15-6-8-16(9-7-15)19(14(2)3)21-13-17-12-18(24)23-10-11-25-20(23)22-17/h6-12,14,19,21H,4-5,13H2,1-3H3/t19-/m1/s1. The zero-order valence-electron chi connectivity index (χ0n) is 15.0. The van der Waals surface area contributed by atoms with E-state index < -0.39 is 0 Å². The predicted molar refractivity (Wildman–Crippen MR) is 104 cm³/mol. The van der Waals surface area contributed by atoms with E-state index in [4.69, 9.17) is 0 Å². The zero-order valence-corrected chi connectivity index (χ0v) is 15.8. The first-order valence-corrected chi connectivity index (χ1v) is 9.74. The van der Waals surface area contributed by atoms with E-state index in [1.807, 2.05) is 5.38 Å². The number of nitrogens with zero attached hydrogens (tertiary/aromatic N) is 2. The van der Waals surface area contributed by atoms with Crippen molar-refractivity contribution in [3.05, 3.63) is 69.1 Å². The Labute approximate surface area is 152 Å². The highest BCUT2D eigenvalue weighted by Gasteiger charge is 2.16. The smallest absolute Gasteiger partial charge is 0.258 e. The van der Waals surface area contributed by atoms with Crippen LogP contribution < -0.4 is 10.9 Å². The Morgan fingerprint density at radius 2 is 2.00 bits per heavy atom. The average Bonchev–Trinajstić information content (AvgIpc) is 3.05. The van der Waals surface area contributed by atoms with Crippen molar-refractivity contribution >= 4 is 16.3 Å². The van der Waals surface area contributed by atoms with Gasteiger partial charge in [-0.3, -0.25) is 9.20 Å². The minimum absolute atomic E-state index is 0.0203. The van der Waals surface area contributed by atoms with Crippen LogP contribution in [0.4, 0.5) is 0 Å². The van der Waals surface area contributed by atoms with Gasteiger partial charge in [0.15, 0.2) is 4.96 Å². The third-order valence-corrected chi connectivity index (χ3v) is 5.16. The van der Waals surface area contributed by atoms with Gasteiger partial charge in [0.05, 0.1) is 5.69 Å². The molecule has 3 rings (SSSR count). The summed E-state index contributed by atoms with van der Waals surface area (Å²) in [5, 5.41) is 5.47. The van der Waals surface area contributed by atoms with Gasteiger partial charge in [-0.25, -0.2) is 4.98 Å². The summed E-state index contributed by atoms with van der Waals surface area (Å²) in [5.41, 5.74) is 3.43. The molecule has 0 fully saturated rings. The van der Waals surface area contributed by atoms with Crippen molar-refractivity contribution in [1.82, 2.24) is 14.7 Å². The van der Waals surface area contributed by atoms with Crippen LogP contribution in [0.25, 0.3) is 4.96 Å². The van der Waals surface area contributed by atoms with Gasteiger partial charge in [-0.15, -0.1) is 11.3 Å². The second-order valence-corrected chi connectivity index (χ2v) is 7.61. The van der Waals surface area contributed by atoms with Gasteiger partial charge < -0.3 is 5.32 Å². The van der Waals surface area contributed by atoms with E-state index in [2.05, 4.69) is 55.3 Å². The van der Waals surface area contributed by atoms with Crippen LogP contribution >= 0.6 is 11.3 Å². The molecule has 1 aromatic carbocycles. The normalized spacial score (nSPS) is 12.8. The monoisotopic (exact) mass is 355 g/mol. The van der Waals surface area contributed by atoms with E-state index >= 15 is 0 Å². The molecule has 0 aliphatic carbocycles. The molecule has 0 spiro atoms. The molecule has 5 heteroatoms. The molecule has 0 aliphatic heterocycles. The fourth-order valence-electron chi connectivity index (χ4n) is 3.11. The van der Waals surface area contributed by atoms with Gasteiger partial charge >= 0.3 is 0 Å². The number of fused-ring (bicyclic) bond motifs is 1. The fraction of sp³-hybridized carbons (Fsp3) is 0.400. The maximum Gasteiger partial charge on any atom is 0.258 e. The highest BCUT2D eigenvalue weighted by molar-refractivity contribution is 7.15. The Hall–Kier alpha value is -1.98. The number of rotatable bonds is 7. The number of benzene rings is 1. The molecular weight excluding hydrogens is 330 g/mol. The van der Waals surface area contributed by atoms with Crippen LogP contribution in [0.5, 0.6) is 0 Å². The summed E-state index contributed by atoms with van der Waals surface area (Å²) < 4.78 is 1.58. The molecule has 0 unspecified atom stereocenters. The van der Waals surface area contributed by atoms with E-state index in [1.54, 1.807) is 16.7 Å². The molecule has 1 atom stereocenters. The van der Waals surface area contributed by atoms with Crippen LogP contribution in [0.1, 0.15) is 50.1 Å². The topological polar surface area (TPSA) is 46.4 Å². The lowest BCUT2D eigenvalue weighted by atomic mass is 9.94. The maximum absolute atomic E-state index is 12.1. The van der Waals surface area contributed by atoms with Crippen molar-refractivity contribution in [3.63, 3.8) is 0 Å². The molecule has 25 heavy (non-hydrogen) atoms. The molecule has 4 nitrogen and oxygen atoms in total.